The van der Waals surface area contributed by atoms with Crippen LogP contribution >= 0.6 is 0 Å². The summed E-state index contributed by atoms with van der Waals surface area (Å²) in [5.74, 6) is -2.34. The molecule has 8 nitrogen and oxygen atoms in total. The van der Waals surface area contributed by atoms with Gasteiger partial charge in [-0.05, 0) is 36.3 Å². The van der Waals surface area contributed by atoms with Crippen LogP contribution in [0.4, 0.5) is 4.39 Å². The Morgan fingerprint density at radius 3 is 2.68 bits per heavy atom. The predicted molar refractivity (Wildman–Crippen MR) is 101 cm³/mol. The minimum Gasteiger partial charge on any atom is -0.369 e. The molecule has 0 saturated carbocycles. The highest BCUT2D eigenvalue weighted by Crippen LogP contribution is 2.18. The molecule has 10 heteroatoms. The van der Waals surface area contributed by atoms with Gasteiger partial charge in [0.2, 0.25) is 5.91 Å². The molecule has 0 fully saturated rings. The number of amides is 2. The fourth-order valence-electron chi connectivity index (χ4n) is 2.88. The maximum atomic E-state index is 13.0. The fourth-order valence-corrected chi connectivity index (χ4v) is 3.87. The fraction of sp³-hybridized carbons (Fsp3) is 0.278. The molecule has 2 amide bonds. The van der Waals surface area contributed by atoms with Crippen LogP contribution in [0.5, 0.6) is 0 Å². The van der Waals surface area contributed by atoms with Crippen molar-refractivity contribution in [2.45, 2.75) is 6.42 Å². The van der Waals surface area contributed by atoms with Crippen molar-refractivity contribution in [2.75, 3.05) is 18.8 Å². The third kappa shape index (κ3) is 4.63. The second-order valence-electron chi connectivity index (χ2n) is 6.46. The van der Waals surface area contributed by atoms with Crippen molar-refractivity contribution in [1.29, 1.82) is 0 Å². The zero-order chi connectivity index (χ0) is 20.3. The van der Waals surface area contributed by atoms with Crippen molar-refractivity contribution in [3.05, 3.63) is 59.6 Å². The summed E-state index contributed by atoms with van der Waals surface area (Å²) < 4.78 is 40.2. The van der Waals surface area contributed by atoms with Crippen LogP contribution in [0.25, 0.3) is 0 Å². The minimum absolute atomic E-state index is 0.0490. The molecule has 1 atom stereocenters. The number of nitrogens with one attached hydrogen (secondary N) is 1. The van der Waals surface area contributed by atoms with E-state index < -0.39 is 33.6 Å². The van der Waals surface area contributed by atoms with Crippen molar-refractivity contribution in [3.63, 3.8) is 0 Å². The van der Waals surface area contributed by atoms with Crippen LogP contribution in [0.3, 0.4) is 0 Å². The van der Waals surface area contributed by atoms with E-state index in [0.29, 0.717) is 5.56 Å². The molecule has 0 bridgehead atoms. The zero-order valence-corrected chi connectivity index (χ0v) is 15.7. The van der Waals surface area contributed by atoms with E-state index >= 15 is 0 Å². The van der Waals surface area contributed by atoms with Gasteiger partial charge in [0.05, 0.1) is 17.2 Å². The van der Waals surface area contributed by atoms with Gasteiger partial charge in [0, 0.05) is 19.3 Å². The number of primary amides is 1. The van der Waals surface area contributed by atoms with E-state index in [0.717, 1.165) is 0 Å². The number of sulfonamides is 1. The lowest BCUT2D eigenvalue weighted by atomic mass is 9.98. The molecular weight excluding hydrogens is 387 g/mol. The molecule has 148 valence electrons. The zero-order valence-electron chi connectivity index (χ0n) is 14.8. The number of fused-ring (bicyclic) bond motifs is 1. The summed E-state index contributed by atoms with van der Waals surface area (Å²) in [5.41, 5.74) is 6.21. The molecule has 0 aliphatic carbocycles. The first-order chi connectivity index (χ1) is 13.2. The largest absolute Gasteiger partial charge is 0.369 e. The van der Waals surface area contributed by atoms with Crippen LogP contribution in [0, 0.1) is 11.7 Å². The first-order valence-corrected chi connectivity index (χ1v) is 10.2. The van der Waals surface area contributed by atoms with Gasteiger partial charge in [-0.2, -0.15) is 0 Å². The molecule has 28 heavy (non-hydrogen) atoms. The van der Waals surface area contributed by atoms with Gasteiger partial charge in [-0.3, -0.25) is 9.59 Å². The monoisotopic (exact) mass is 406 g/mol. The van der Waals surface area contributed by atoms with Gasteiger partial charge in [-0.25, -0.2) is 12.8 Å². The van der Waals surface area contributed by atoms with Gasteiger partial charge >= 0.3 is 0 Å². The Labute approximate surface area is 161 Å². The number of allylic oxidation sites excluding steroid dienone is 2. The van der Waals surface area contributed by atoms with Crippen LogP contribution in [0.1, 0.15) is 5.56 Å². The average molecular weight is 406 g/mol. The number of benzene rings is 1. The van der Waals surface area contributed by atoms with Crippen molar-refractivity contribution in [2.24, 2.45) is 16.0 Å². The molecule has 3 rings (SSSR count). The third-order valence-electron chi connectivity index (χ3n) is 4.41. The first-order valence-electron chi connectivity index (χ1n) is 8.55. The maximum absolute atomic E-state index is 13.0. The minimum atomic E-state index is -3.62. The van der Waals surface area contributed by atoms with Crippen molar-refractivity contribution in [1.82, 2.24) is 10.2 Å². The number of nitrogens with two attached hydrogens (primary N) is 1. The van der Waals surface area contributed by atoms with E-state index in [1.54, 1.807) is 29.3 Å². The molecule has 2 aliphatic rings. The van der Waals surface area contributed by atoms with Gasteiger partial charge in [0.25, 0.3) is 15.9 Å². The van der Waals surface area contributed by atoms with E-state index in [4.69, 9.17) is 5.73 Å². The summed E-state index contributed by atoms with van der Waals surface area (Å²) in [5, 5.41) is 2.61. The molecular formula is C18H19FN4O4S. The molecule has 0 spiro atoms. The molecule has 1 aromatic carbocycles. The summed E-state index contributed by atoms with van der Waals surface area (Å²) in [6, 6.07) is 5.64. The average Bonchev–Trinajstić information content (AvgIpc) is 2.65. The SMILES string of the molecule is NC(=O)C(CNC(=O)C1=CC=CN2CCS(=O)(=O)N=C12)Cc1ccc(F)cc1. The molecule has 2 aliphatic heterocycles. The van der Waals surface area contributed by atoms with Gasteiger partial charge in [0.1, 0.15) is 5.82 Å². The van der Waals surface area contributed by atoms with Crippen LogP contribution in [-0.4, -0.2) is 49.8 Å². The molecule has 3 N–H and O–H groups in total. The lowest BCUT2D eigenvalue weighted by Crippen LogP contribution is -2.44. The highest BCUT2D eigenvalue weighted by atomic mass is 32.2. The van der Waals surface area contributed by atoms with Gasteiger partial charge in [-0.15, -0.1) is 4.40 Å². The summed E-state index contributed by atoms with van der Waals surface area (Å²) in [6.07, 6.45) is 4.96. The highest BCUT2D eigenvalue weighted by molar-refractivity contribution is 7.90. The van der Waals surface area contributed by atoms with Crippen LogP contribution < -0.4 is 11.1 Å². The molecule has 1 unspecified atom stereocenters. The summed E-state index contributed by atoms with van der Waals surface area (Å²) in [4.78, 5) is 25.9. The van der Waals surface area contributed by atoms with E-state index in [1.807, 2.05) is 0 Å². The number of carbonyl (C=O) groups excluding carboxylic acids is 2. The number of hydrogen-bond donors (Lipinski definition) is 2. The van der Waals surface area contributed by atoms with E-state index in [2.05, 4.69) is 9.71 Å². The highest BCUT2D eigenvalue weighted by Gasteiger charge is 2.30. The summed E-state index contributed by atoms with van der Waals surface area (Å²) in [7, 11) is -3.62. The Hall–Kier alpha value is -3.01. The van der Waals surface area contributed by atoms with Gasteiger partial charge < -0.3 is 16.0 Å². The van der Waals surface area contributed by atoms with Crippen molar-refractivity contribution in [3.8, 4) is 0 Å². The number of carbonyl (C=O) groups is 2. The normalized spacial score (nSPS) is 18.5. The number of hydrogen-bond acceptors (Lipinski definition) is 5. The Bertz CT molecular complexity index is 983. The second-order valence-corrected chi connectivity index (χ2v) is 8.21. The molecule has 1 aromatic rings. The summed E-state index contributed by atoms with van der Waals surface area (Å²) in [6.45, 7) is 0.156. The lowest BCUT2D eigenvalue weighted by Gasteiger charge is -2.28. The van der Waals surface area contributed by atoms with Crippen molar-refractivity contribution < 1.29 is 22.4 Å². The van der Waals surface area contributed by atoms with E-state index in [9.17, 15) is 22.4 Å². The molecule has 0 saturated heterocycles. The van der Waals surface area contributed by atoms with Gasteiger partial charge in [-0.1, -0.05) is 12.1 Å². The lowest BCUT2D eigenvalue weighted by molar-refractivity contribution is -0.122. The smallest absolute Gasteiger partial charge is 0.256 e. The topological polar surface area (TPSA) is 122 Å². The Balaban J connectivity index is 1.70. The number of nitrogens with zero attached hydrogens (tertiary/aromatic N) is 2. The molecule has 0 radical (unpaired) electrons. The van der Waals surface area contributed by atoms with Crippen LogP contribution in [0.15, 0.2) is 52.6 Å². The van der Waals surface area contributed by atoms with Gasteiger partial charge in [0.15, 0.2) is 5.84 Å². The Morgan fingerprint density at radius 1 is 1.29 bits per heavy atom. The summed E-state index contributed by atoms with van der Waals surface area (Å²) >= 11 is 0. The van der Waals surface area contributed by atoms with Crippen LogP contribution in [-0.2, 0) is 26.0 Å². The predicted octanol–water partition coefficient (Wildman–Crippen LogP) is 0.0835. The second kappa shape index (κ2) is 7.93. The molecule has 2 heterocycles. The van der Waals surface area contributed by atoms with Crippen LogP contribution in [0.2, 0.25) is 0 Å². The van der Waals surface area contributed by atoms with Crippen molar-refractivity contribution >= 4 is 27.7 Å². The third-order valence-corrected chi connectivity index (χ3v) is 5.56. The Kier molecular flexibility index (Phi) is 5.59. The number of amidine groups is 1. The van der Waals surface area contributed by atoms with E-state index in [-0.39, 0.29) is 36.7 Å². The standard InChI is InChI=1S/C18H19FN4O4S/c19-14-5-3-12(4-6-14)10-13(16(20)24)11-21-18(25)15-2-1-7-23-8-9-28(26,27)22-17(15)23/h1-7,13H,8-11H2,(H2,20,24)(H,21,25). The number of rotatable bonds is 6. The number of halogens is 1. The molecule has 0 aromatic heterocycles. The van der Waals surface area contributed by atoms with E-state index in [1.165, 1.54) is 18.2 Å². The Morgan fingerprint density at radius 2 is 2.00 bits per heavy atom. The maximum Gasteiger partial charge on any atom is 0.256 e. The quantitative estimate of drug-likeness (QED) is 0.693. The first kappa shape index (κ1) is 19.7.